The van der Waals surface area contributed by atoms with Gasteiger partial charge in [-0.3, -0.25) is 0 Å². The van der Waals surface area contributed by atoms with Crippen molar-refractivity contribution in [1.29, 1.82) is 0 Å². The Kier molecular flexibility index (Phi) is 9.88. The lowest BCUT2D eigenvalue weighted by molar-refractivity contribution is 0.794. The van der Waals surface area contributed by atoms with Crippen molar-refractivity contribution in [3.05, 3.63) is 320 Å². The smallest absolute Gasteiger partial charge is 0.180 e. The maximum absolute atomic E-state index is 2.68. The lowest BCUT2D eigenvalue weighted by atomic mass is 9.70. The fraction of sp³-hybridized carbons (Fsp3) is 0.0137. The number of anilines is 3. The summed E-state index contributed by atoms with van der Waals surface area (Å²) in [7, 11) is -2.68. The molecule has 0 atom stereocenters. The highest BCUT2D eigenvalue weighted by molar-refractivity contribution is 7.22. The molecule has 0 amide bonds. The molecular weight excluding hydrogens is 919 g/mol. The van der Waals surface area contributed by atoms with Gasteiger partial charge in [0, 0.05) is 16.9 Å². The molecule has 15 rings (SSSR count). The van der Waals surface area contributed by atoms with Crippen LogP contribution >= 0.6 is 0 Å². The minimum atomic E-state index is -2.68. The van der Waals surface area contributed by atoms with E-state index in [1.54, 1.807) is 0 Å². The van der Waals surface area contributed by atoms with Crippen LogP contribution in [0.4, 0.5) is 17.1 Å². The minimum absolute atomic E-state index is 0.475. The van der Waals surface area contributed by atoms with Crippen molar-refractivity contribution in [1.82, 2.24) is 0 Å². The first kappa shape index (κ1) is 43.3. The summed E-state index contributed by atoms with van der Waals surface area (Å²) >= 11 is 0. The topological polar surface area (TPSA) is 3.24 Å². The molecule has 12 aromatic carbocycles. The van der Waals surface area contributed by atoms with Gasteiger partial charge in [-0.2, -0.15) is 0 Å². The van der Waals surface area contributed by atoms with Crippen LogP contribution in [0.2, 0.25) is 0 Å². The normalized spacial score (nSPS) is 13.5. The Morgan fingerprint density at radius 3 is 1.27 bits per heavy atom. The lowest BCUT2D eigenvalue weighted by Crippen LogP contribution is -2.72. The van der Waals surface area contributed by atoms with Crippen molar-refractivity contribution in [2.45, 2.75) is 5.41 Å². The van der Waals surface area contributed by atoms with Gasteiger partial charge in [0.05, 0.1) is 11.1 Å². The number of fused-ring (bicyclic) bond motifs is 13. The summed E-state index contributed by atoms with van der Waals surface area (Å²) in [5.74, 6) is 0. The van der Waals surface area contributed by atoms with Crippen LogP contribution in [-0.2, 0) is 5.41 Å². The Hall–Kier alpha value is -9.34. The number of rotatable bonds is 8. The lowest BCUT2D eigenvalue weighted by Gasteiger charge is -2.32. The third-order valence-corrected chi connectivity index (χ3v) is 21.4. The highest BCUT2D eigenvalue weighted by Gasteiger charge is 2.53. The van der Waals surface area contributed by atoms with Gasteiger partial charge >= 0.3 is 0 Å². The van der Waals surface area contributed by atoms with E-state index in [1.165, 1.54) is 110 Å². The summed E-state index contributed by atoms with van der Waals surface area (Å²) in [6, 6.07) is 112. The van der Waals surface area contributed by atoms with Crippen LogP contribution in [0.5, 0.6) is 0 Å². The van der Waals surface area contributed by atoms with Gasteiger partial charge in [0.25, 0.3) is 0 Å². The average Bonchev–Trinajstić information content (AvgIpc) is 4.20. The molecule has 350 valence electrons. The molecule has 1 aliphatic heterocycles. The first-order valence-electron chi connectivity index (χ1n) is 26.2. The van der Waals surface area contributed by atoms with Gasteiger partial charge in [-0.1, -0.05) is 261 Å². The number of benzene rings is 12. The molecule has 2 aliphatic carbocycles. The van der Waals surface area contributed by atoms with E-state index >= 15 is 0 Å². The van der Waals surface area contributed by atoms with Gasteiger partial charge in [-0.15, -0.1) is 0 Å². The van der Waals surface area contributed by atoms with Crippen LogP contribution in [0, 0.1) is 0 Å². The molecule has 0 bridgehead atoms. The highest BCUT2D eigenvalue weighted by atomic mass is 28.3. The van der Waals surface area contributed by atoms with Gasteiger partial charge in [0.15, 0.2) is 8.07 Å². The minimum Gasteiger partial charge on any atom is -0.310 e. The zero-order valence-electron chi connectivity index (χ0n) is 41.2. The molecule has 0 N–H and O–H groups in total. The molecule has 75 heavy (non-hydrogen) atoms. The summed E-state index contributed by atoms with van der Waals surface area (Å²) in [5.41, 5.74) is 23.1. The van der Waals surface area contributed by atoms with Gasteiger partial charge in [-0.05, 0) is 141 Å². The molecular formula is C73H49NSi. The van der Waals surface area contributed by atoms with E-state index in [-0.39, 0.29) is 0 Å². The summed E-state index contributed by atoms with van der Waals surface area (Å²) in [5, 5.41) is 5.71. The predicted molar refractivity (Wildman–Crippen MR) is 316 cm³/mol. The molecule has 12 aromatic rings. The monoisotopic (exact) mass is 967 g/mol. The summed E-state index contributed by atoms with van der Waals surface area (Å²) in [6.07, 6.45) is 0. The molecule has 0 fully saturated rings. The van der Waals surface area contributed by atoms with E-state index in [0.717, 1.165) is 17.1 Å². The first-order valence-corrected chi connectivity index (χ1v) is 28.2. The Morgan fingerprint density at radius 1 is 0.253 bits per heavy atom. The molecule has 0 unspecified atom stereocenters. The van der Waals surface area contributed by atoms with Crippen molar-refractivity contribution in [3.63, 3.8) is 0 Å². The van der Waals surface area contributed by atoms with E-state index in [2.05, 4.69) is 302 Å². The summed E-state index contributed by atoms with van der Waals surface area (Å²) in [6.45, 7) is 0. The fourth-order valence-electron chi connectivity index (χ4n) is 13.5. The van der Waals surface area contributed by atoms with Crippen LogP contribution in [0.3, 0.4) is 0 Å². The second kappa shape index (κ2) is 17.1. The molecule has 2 heteroatoms. The van der Waals surface area contributed by atoms with Crippen molar-refractivity contribution >= 4 is 45.9 Å². The second-order valence-corrected chi connectivity index (χ2v) is 24.0. The van der Waals surface area contributed by atoms with E-state index in [1.807, 2.05) is 0 Å². The molecule has 0 aromatic heterocycles. The number of nitrogens with zero attached hydrogens (tertiary/aromatic N) is 1. The standard InChI is InChI=1S/C73H49NSi/c1-4-22-50(23-5-1)54-46-55(51-24-6-2-7-25-51)48-57(47-54)74(69-39-21-38-68-72(69)64-34-12-17-37-67(64)73(68)65-35-15-10-30-60(65)61-31-11-16-36-66(61)73)56-44-42-52(43-45-56)53-26-20-29-59(49-53)75(58-27-8-3-9-28-58)70-40-18-13-32-62(70)63-33-14-19-41-71(63)75/h1-49H. The molecule has 0 radical (unpaired) electrons. The van der Waals surface area contributed by atoms with Crippen molar-refractivity contribution < 1.29 is 0 Å². The Balaban J connectivity index is 0.945. The molecule has 1 heterocycles. The van der Waals surface area contributed by atoms with Gasteiger partial charge in [0.1, 0.15) is 0 Å². The first-order chi connectivity index (χ1) is 37.2. The highest BCUT2D eigenvalue weighted by Crippen LogP contribution is 2.64. The van der Waals surface area contributed by atoms with Crippen LogP contribution < -0.4 is 25.6 Å². The third-order valence-electron chi connectivity index (χ3n) is 16.5. The van der Waals surface area contributed by atoms with Crippen LogP contribution in [-0.4, -0.2) is 8.07 Å². The molecule has 0 saturated heterocycles. The molecule has 3 aliphatic rings. The molecule has 0 saturated carbocycles. The maximum atomic E-state index is 2.53. The van der Waals surface area contributed by atoms with Crippen molar-refractivity contribution in [2.24, 2.45) is 0 Å². The molecule has 1 spiro atoms. The van der Waals surface area contributed by atoms with Crippen molar-refractivity contribution in [2.75, 3.05) is 4.90 Å². The van der Waals surface area contributed by atoms with Crippen LogP contribution in [0.25, 0.3) is 66.8 Å². The van der Waals surface area contributed by atoms with Gasteiger partial charge in [0.2, 0.25) is 0 Å². The van der Waals surface area contributed by atoms with E-state index in [9.17, 15) is 0 Å². The van der Waals surface area contributed by atoms with E-state index in [0.29, 0.717) is 0 Å². The number of hydrogen-bond donors (Lipinski definition) is 0. The average molecular weight is 968 g/mol. The van der Waals surface area contributed by atoms with Gasteiger partial charge < -0.3 is 4.90 Å². The maximum Gasteiger partial charge on any atom is 0.180 e. The Labute approximate surface area is 440 Å². The second-order valence-electron chi connectivity index (χ2n) is 20.3. The van der Waals surface area contributed by atoms with Crippen LogP contribution in [0.15, 0.2) is 297 Å². The quantitative estimate of drug-likeness (QED) is 0.137. The van der Waals surface area contributed by atoms with Gasteiger partial charge in [-0.25, -0.2) is 0 Å². The Morgan fingerprint density at radius 2 is 0.680 bits per heavy atom. The fourth-order valence-corrected chi connectivity index (χ4v) is 18.7. The van der Waals surface area contributed by atoms with Crippen LogP contribution in [0.1, 0.15) is 22.3 Å². The summed E-state index contributed by atoms with van der Waals surface area (Å²) < 4.78 is 0. The largest absolute Gasteiger partial charge is 0.310 e. The zero-order chi connectivity index (χ0) is 49.5. The SMILES string of the molecule is c1ccc(-c2cc(-c3ccccc3)cc(N(c3ccc(-c4cccc([Si]5(c6ccccc6)c6ccccc6-c6ccccc65)c4)cc3)c3cccc4c3-c3ccccc3C43c4ccccc4-c4ccccc43)c2)cc1. The zero-order valence-corrected chi connectivity index (χ0v) is 42.2. The number of hydrogen-bond acceptors (Lipinski definition) is 1. The van der Waals surface area contributed by atoms with Crippen molar-refractivity contribution in [3.8, 4) is 66.8 Å². The predicted octanol–water partition coefficient (Wildman–Crippen LogP) is 15.9. The van der Waals surface area contributed by atoms with E-state index in [4.69, 9.17) is 0 Å². The molecule has 1 nitrogen and oxygen atoms in total. The van der Waals surface area contributed by atoms with E-state index < -0.39 is 13.5 Å². The summed E-state index contributed by atoms with van der Waals surface area (Å²) in [4.78, 5) is 2.53. The Bertz CT molecular complexity index is 4030. The third kappa shape index (κ3) is 6.37.